The van der Waals surface area contributed by atoms with Crippen molar-refractivity contribution in [3.63, 3.8) is 0 Å². The zero-order valence-electron chi connectivity index (χ0n) is 17.0. The van der Waals surface area contributed by atoms with Crippen molar-refractivity contribution in [1.29, 1.82) is 0 Å². The van der Waals surface area contributed by atoms with E-state index in [9.17, 15) is 26.4 Å². The molecule has 1 N–H and O–H groups in total. The number of rotatable bonds is 10. The zero-order chi connectivity index (χ0) is 23.9. The summed E-state index contributed by atoms with van der Waals surface area (Å²) in [4.78, 5) is 12.0. The van der Waals surface area contributed by atoms with Crippen molar-refractivity contribution < 1.29 is 31.1 Å². The predicted molar refractivity (Wildman–Crippen MR) is 118 cm³/mol. The third kappa shape index (κ3) is 8.07. The standard InChI is InChI=1S/C20H21Cl2F3N2O4S/c1-32(29,30)27(18-13-14(20(23,24)25)4-9-17(18)22)11-2-3-19(28)26-10-12-31-16-7-5-15(21)6-8-16/h4-9,13H,2-3,10-12H2,1H3,(H,26,28). The lowest BCUT2D eigenvalue weighted by Crippen LogP contribution is -2.33. The van der Waals surface area contributed by atoms with Crippen LogP contribution in [-0.4, -0.2) is 40.3 Å². The average molecular weight is 513 g/mol. The van der Waals surface area contributed by atoms with Crippen molar-refractivity contribution in [3.8, 4) is 5.75 Å². The molecule has 0 saturated carbocycles. The van der Waals surface area contributed by atoms with Gasteiger partial charge < -0.3 is 10.1 Å². The van der Waals surface area contributed by atoms with Gasteiger partial charge in [0.2, 0.25) is 15.9 Å². The van der Waals surface area contributed by atoms with Gasteiger partial charge in [-0.3, -0.25) is 9.10 Å². The second-order valence-electron chi connectivity index (χ2n) is 6.75. The van der Waals surface area contributed by atoms with E-state index in [2.05, 4.69) is 5.32 Å². The van der Waals surface area contributed by atoms with Crippen molar-refractivity contribution >= 4 is 44.8 Å². The van der Waals surface area contributed by atoms with Crippen LogP contribution < -0.4 is 14.4 Å². The number of nitrogens with zero attached hydrogens (tertiary/aromatic N) is 1. The number of carbonyl (C=O) groups excluding carboxylic acids is 1. The lowest BCUT2D eigenvalue weighted by molar-refractivity contribution is -0.137. The number of ether oxygens (including phenoxy) is 1. The van der Waals surface area contributed by atoms with Gasteiger partial charge in [0.15, 0.2) is 0 Å². The molecule has 0 spiro atoms. The van der Waals surface area contributed by atoms with Gasteiger partial charge in [-0.15, -0.1) is 0 Å². The highest BCUT2D eigenvalue weighted by Gasteiger charge is 2.32. The molecule has 0 aromatic heterocycles. The molecule has 12 heteroatoms. The number of sulfonamides is 1. The predicted octanol–water partition coefficient (Wildman–Crippen LogP) is 4.75. The largest absolute Gasteiger partial charge is 0.492 e. The Morgan fingerprint density at radius 1 is 1.12 bits per heavy atom. The average Bonchev–Trinajstić information content (AvgIpc) is 2.69. The van der Waals surface area contributed by atoms with E-state index in [0.717, 1.165) is 22.7 Å². The molecule has 0 atom stereocenters. The Balaban J connectivity index is 1.89. The fourth-order valence-electron chi connectivity index (χ4n) is 2.71. The van der Waals surface area contributed by atoms with Crippen LogP contribution in [0.15, 0.2) is 42.5 Å². The van der Waals surface area contributed by atoms with Crippen LogP contribution in [0.25, 0.3) is 0 Å². The minimum absolute atomic E-state index is 0.0381. The number of alkyl halides is 3. The Morgan fingerprint density at radius 2 is 1.78 bits per heavy atom. The maximum absolute atomic E-state index is 13.0. The van der Waals surface area contributed by atoms with Crippen LogP contribution >= 0.6 is 23.2 Å². The number of hydrogen-bond donors (Lipinski definition) is 1. The smallest absolute Gasteiger partial charge is 0.416 e. The summed E-state index contributed by atoms with van der Waals surface area (Å²) in [6, 6.07) is 9.14. The maximum atomic E-state index is 13.0. The summed E-state index contributed by atoms with van der Waals surface area (Å²) in [5.41, 5.74) is -1.32. The Bertz CT molecular complexity index is 1030. The first kappa shape index (κ1) is 26.1. The van der Waals surface area contributed by atoms with Gasteiger partial charge in [0, 0.05) is 18.0 Å². The van der Waals surface area contributed by atoms with E-state index in [0.29, 0.717) is 16.8 Å². The molecule has 2 aromatic carbocycles. The van der Waals surface area contributed by atoms with E-state index < -0.39 is 21.8 Å². The van der Waals surface area contributed by atoms with Gasteiger partial charge in [-0.25, -0.2) is 8.42 Å². The molecule has 2 rings (SSSR count). The normalized spacial score (nSPS) is 11.8. The van der Waals surface area contributed by atoms with Gasteiger partial charge in [-0.2, -0.15) is 13.2 Å². The molecule has 0 heterocycles. The maximum Gasteiger partial charge on any atom is 0.416 e. The van der Waals surface area contributed by atoms with E-state index in [4.69, 9.17) is 27.9 Å². The molecule has 0 bridgehead atoms. The number of hydrogen-bond acceptors (Lipinski definition) is 4. The van der Waals surface area contributed by atoms with E-state index in [-0.39, 0.29) is 49.2 Å². The van der Waals surface area contributed by atoms with E-state index in [1.807, 2.05) is 0 Å². The molecular weight excluding hydrogens is 492 g/mol. The van der Waals surface area contributed by atoms with Crippen LogP contribution in [0.4, 0.5) is 18.9 Å². The molecule has 32 heavy (non-hydrogen) atoms. The van der Waals surface area contributed by atoms with Crippen LogP contribution in [0.3, 0.4) is 0 Å². The van der Waals surface area contributed by atoms with Gasteiger partial charge in [0.05, 0.1) is 29.1 Å². The van der Waals surface area contributed by atoms with Crippen molar-refractivity contribution in [1.82, 2.24) is 5.32 Å². The summed E-state index contributed by atoms with van der Waals surface area (Å²) in [7, 11) is -3.93. The summed E-state index contributed by atoms with van der Waals surface area (Å²) in [6.45, 7) is 0.216. The molecule has 0 aliphatic rings. The van der Waals surface area contributed by atoms with Crippen molar-refractivity contribution in [2.45, 2.75) is 19.0 Å². The summed E-state index contributed by atoms with van der Waals surface area (Å²) in [5.74, 6) is 0.235. The Kier molecular flexibility index (Phi) is 9.06. The molecule has 0 aliphatic carbocycles. The molecule has 0 fully saturated rings. The highest BCUT2D eigenvalue weighted by atomic mass is 35.5. The van der Waals surface area contributed by atoms with Gasteiger partial charge in [-0.1, -0.05) is 23.2 Å². The van der Waals surface area contributed by atoms with Gasteiger partial charge in [-0.05, 0) is 48.9 Å². The van der Waals surface area contributed by atoms with E-state index in [1.165, 1.54) is 0 Å². The Morgan fingerprint density at radius 3 is 2.38 bits per heavy atom. The molecule has 0 saturated heterocycles. The molecular formula is C20H21Cl2F3N2O4S. The fourth-order valence-corrected chi connectivity index (χ4v) is 4.07. The third-order valence-corrected chi connectivity index (χ3v) is 5.97. The first-order valence-corrected chi connectivity index (χ1v) is 12.0. The highest BCUT2D eigenvalue weighted by molar-refractivity contribution is 7.92. The van der Waals surface area contributed by atoms with E-state index in [1.54, 1.807) is 24.3 Å². The Hall–Kier alpha value is -2.17. The first-order valence-electron chi connectivity index (χ1n) is 9.37. The lowest BCUT2D eigenvalue weighted by Gasteiger charge is -2.24. The quantitative estimate of drug-likeness (QED) is 0.466. The van der Waals surface area contributed by atoms with Crippen LogP contribution in [0.5, 0.6) is 5.75 Å². The lowest BCUT2D eigenvalue weighted by atomic mass is 10.2. The fraction of sp³-hybridized carbons (Fsp3) is 0.350. The Labute approximate surface area is 194 Å². The number of benzene rings is 2. The van der Waals surface area contributed by atoms with Gasteiger partial charge >= 0.3 is 6.18 Å². The SMILES string of the molecule is CS(=O)(=O)N(CCCC(=O)NCCOc1ccc(Cl)cc1)c1cc(C(F)(F)F)ccc1Cl. The summed E-state index contributed by atoms with van der Waals surface area (Å²) in [6.07, 6.45) is -3.76. The number of amides is 1. The first-order chi connectivity index (χ1) is 14.9. The third-order valence-electron chi connectivity index (χ3n) is 4.21. The minimum Gasteiger partial charge on any atom is -0.492 e. The van der Waals surface area contributed by atoms with Crippen LogP contribution in [-0.2, 0) is 21.0 Å². The number of carbonyl (C=O) groups is 1. The van der Waals surface area contributed by atoms with Gasteiger partial charge in [0.25, 0.3) is 0 Å². The molecule has 2 aromatic rings. The second kappa shape index (κ2) is 11.1. The summed E-state index contributed by atoms with van der Waals surface area (Å²) >= 11 is 11.7. The summed E-state index contributed by atoms with van der Waals surface area (Å²) in [5, 5.41) is 3.05. The number of halogens is 5. The molecule has 176 valence electrons. The highest BCUT2D eigenvalue weighted by Crippen LogP contribution is 2.36. The zero-order valence-corrected chi connectivity index (χ0v) is 19.3. The molecule has 1 amide bonds. The molecule has 0 unspecified atom stereocenters. The monoisotopic (exact) mass is 512 g/mol. The van der Waals surface area contributed by atoms with Crippen LogP contribution in [0.2, 0.25) is 10.0 Å². The molecule has 0 radical (unpaired) electrons. The van der Waals surface area contributed by atoms with Crippen molar-refractivity contribution in [2.75, 3.05) is 30.3 Å². The summed E-state index contributed by atoms with van der Waals surface area (Å²) < 4.78 is 69.5. The number of anilines is 1. The van der Waals surface area contributed by atoms with Gasteiger partial charge in [0.1, 0.15) is 12.4 Å². The van der Waals surface area contributed by atoms with E-state index >= 15 is 0 Å². The minimum atomic E-state index is -4.66. The molecule has 0 aliphatic heterocycles. The number of nitrogens with one attached hydrogen (secondary N) is 1. The van der Waals surface area contributed by atoms with Crippen LogP contribution in [0, 0.1) is 0 Å². The van der Waals surface area contributed by atoms with Crippen molar-refractivity contribution in [2.24, 2.45) is 0 Å². The second-order valence-corrected chi connectivity index (χ2v) is 9.51. The van der Waals surface area contributed by atoms with Crippen molar-refractivity contribution in [3.05, 3.63) is 58.1 Å². The van der Waals surface area contributed by atoms with Crippen LogP contribution in [0.1, 0.15) is 18.4 Å². The molecule has 6 nitrogen and oxygen atoms in total. The topological polar surface area (TPSA) is 75.7 Å².